The zero-order chi connectivity index (χ0) is 18.0. The standard InChI is InChI=1S/C17H28N4O4/c18-17(25)20-5-1-2-12(9-20)16(24)19-13-6-14(7-13)21(10-15(22)23)8-11-3-4-11/h11-14H,1-10H2,(H2,18,25)(H,19,24)(H,22,23). The van der Waals surface area contributed by atoms with Gasteiger partial charge in [0.05, 0.1) is 12.5 Å². The van der Waals surface area contributed by atoms with E-state index in [1.165, 1.54) is 17.7 Å². The average Bonchev–Trinajstić information content (AvgIpc) is 3.33. The van der Waals surface area contributed by atoms with Crippen LogP contribution in [0.4, 0.5) is 4.79 Å². The van der Waals surface area contributed by atoms with Crippen LogP contribution in [0, 0.1) is 11.8 Å². The van der Waals surface area contributed by atoms with Crippen LogP contribution in [0.25, 0.3) is 0 Å². The van der Waals surface area contributed by atoms with Gasteiger partial charge in [0.1, 0.15) is 0 Å². The second kappa shape index (κ2) is 7.59. The summed E-state index contributed by atoms with van der Waals surface area (Å²) in [5.74, 6) is -0.347. The van der Waals surface area contributed by atoms with Crippen molar-refractivity contribution in [2.75, 3.05) is 26.2 Å². The van der Waals surface area contributed by atoms with Crippen LogP contribution in [0.1, 0.15) is 38.5 Å². The van der Waals surface area contributed by atoms with Gasteiger partial charge in [-0.2, -0.15) is 0 Å². The van der Waals surface area contributed by atoms with E-state index in [0.29, 0.717) is 19.0 Å². The molecular formula is C17H28N4O4. The number of rotatable bonds is 7. The molecule has 3 rings (SSSR count). The number of likely N-dealkylation sites (tertiary alicyclic amines) is 1. The quantitative estimate of drug-likeness (QED) is 0.606. The molecule has 8 heteroatoms. The van der Waals surface area contributed by atoms with Gasteiger partial charge in [-0.1, -0.05) is 0 Å². The van der Waals surface area contributed by atoms with Gasteiger partial charge in [0.2, 0.25) is 5.91 Å². The monoisotopic (exact) mass is 352 g/mol. The highest BCUT2D eigenvalue weighted by atomic mass is 16.4. The largest absolute Gasteiger partial charge is 0.480 e. The van der Waals surface area contributed by atoms with Gasteiger partial charge in [0.25, 0.3) is 0 Å². The van der Waals surface area contributed by atoms with Gasteiger partial charge < -0.3 is 21.1 Å². The summed E-state index contributed by atoms with van der Waals surface area (Å²) in [5.41, 5.74) is 5.31. The van der Waals surface area contributed by atoms with Crippen LogP contribution in [0.2, 0.25) is 0 Å². The van der Waals surface area contributed by atoms with Crippen LogP contribution in [0.3, 0.4) is 0 Å². The number of carbonyl (C=O) groups is 3. The van der Waals surface area contributed by atoms with E-state index in [1.807, 2.05) is 0 Å². The first kappa shape index (κ1) is 18.0. The summed E-state index contributed by atoms with van der Waals surface area (Å²) in [6.07, 6.45) is 5.57. The molecule has 1 aliphatic heterocycles. The zero-order valence-electron chi connectivity index (χ0n) is 14.5. The van der Waals surface area contributed by atoms with E-state index in [4.69, 9.17) is 10.8 Å². The molecule has 0 spiro atoms. The Morgan fingerprint density at radius 3 is 2.52 bits per heavy atom. The topological polar surface area (TPSA) is 116 Å². The number of primary amides is 1. The Kier molecular flexibility index (Phi) is 5.46. The van der Waals surface area contributed by atoms with E-state index < -0.39 is 12.0 Å². The molecule has 0 aromatic carbocycles. The second-order valence-corrected chi connectivity index (χ2v) is 7.72. The average molecular weight is 352 g/mol. The predicted molar refractivity (Wildman–Crippen MR) is 90.8 cm³/mol. The maximum Gasteiger partial charge on any atom is 0.317 e. The molecule has 3 amide bonds. The minimum absolute atomic E-state index is 0.0126. The van der Waals surface area contributed by atoms with Gasteiger partial charge in [-0.15, -0.1) is 0 Å². The maximum atomic E-state index is 12.4. The molecule has 1 atom stereocenters. The molecule has 25 heavy (non-hydrogen) atoms. The fraction of sp³-hybridized carbons (Fsp3) is 0.824. The summed E-state index contributed by atoms with van der Waals surface area (Å²) >= 11 is 0. The third-order valence-electron chi connectivity index (χ3n) is 5.61. The number of hydrogen-bond acceptors (Lipinski definition) is 4. The van der Waals surface area contributed by atoms with E-state index in [-0.39, 0.29) is 30.5 Å². The molecule has 2 saturated carbocycles. The first-order valence-corrected chi connectivity index (χ1v) is 9.23. The Morgan fingerprint density at radius 1 is 1.20 bits per heavy atom. The van der Waals surface area contributed by atoms with E-state index in [2.05, 4.69) is 10.2 Å². The number of hydrogen-bond donors (Lipinski definition) is 3. The lowest BCUT2D eigenvalue weighted by molar-refractivity contribution is -0.140. The number of carbonyl (C=O) groups excluding carboxylic acids is 2. The number of nitrogens with one attached hydrogen (secondary N) is 1. The highest BCUT2D eigenvalue weighted by Crippen LogP contribution is 2.34. The van der Waals surface area contributed by atoms with Gasteiger partial charge in [0, 0.05) is 31.7 Å². The summed E-state index contributed by atoms with van der Waals surface area (Å²) in [6, 6.07) is -0.113. The van der Waals surface area contributed by atoms with Crippen molar-refractivity contribution < 1.29 is 19.5 Å². The highest BCUT2D eigenvalue weighted by Gasteiger charge is 2.38. The number of aliphatic carboxylic acids is 1. The summed E-state index contributed by atoms with van der Waals surface area (Å²) in [5, 5.41) is 12.1. The lowest BCUT2D eigenvalue weighted by Gasteiger charge is -2.43. The Morgan fingerprint density at radius 2 is 1.92 bits per heavy atom. The second-order valence-electron chi connectivity index (χ2n) is 7.72. The van der Waals surface area contributed by atoms with Crippen LogP contribution < -0.4 is 11.1 Å². The minimum atomic E-state index is -0.790. The molecular weight excluding hydrogens is 324 g/mol. The first-order valence-electron chi connectivity index (χ1n) is 9.23. The molecule has 1 heterocycles. The van der Waals surface area contributed by atoms with Gasteiger partial charge in [0.15, 0.2) is 0 Å². The molecule has 1 unspecified atom stereocenters. The molecule has 0 radical (unpaired) electrons. The summed E-state index contributed by atoms with van der Waals surface area (Å²) < 4.78 is 0. The smallest absolute Gasteiger partial charge is 0.317 e. The molecule has 0 aromatic rings. The molecule has 4 N–H and O–H groups in total. The van der Waals surface area contributed by atoms with E-state index >= 15 is 0 Å². The van der Waals surface area contributed by atoms with Crippen LogP contribution in [0.15, 0.2) is 0 Å². The van der Waals surface area contributed by atoms with Crippen LogP contribution in [-0.2, 0) is 9.59 Å². The van der Waals surface area contributed by atoms with Gasteiger partial charge >= 0.3 is 12.0 Å². The molecule has 3 aliphatic rings. The Hall–Kier alpha value is -1.83. The number of piperidine rings is 1. The Balaban J connectivity index is 1.43. The minimum Gasteiger partial charge on any atom is -0.480 e. The lowest BCUT2D eigenvalue weighted by atomic mass is 9.84. The van der Waals surface area contributed by atoms with Gasteiger partial charge in [-0.3, -0.25) is 14.5 Å². The van der Waals surface area contributed by atoms with Crippen LogP contribution in [-0.4, -0.2) is 71.1 Å². The highest BCUT2D eigenvalue weighted by molar-refractivity contribution is 5.80. The van der Waals surface area contributed by atoms with Crippen molar-refractivity contribution in [1.29, 1.82) is 0 Å². The number of nitrogens with two attached hydrogens (primary N) is 1. The van der Waals surface area contributed by atoms with Crippen molar-refractivity contribution in [1.82, 2.24) is 15.1 Å². The Bertz CT molecular complexity index is 531. The number of amides is 3. The van der Waals surface area contributed by atoms with Gasteiger partial charge in [-0.05, 0) is 44.4 Å². The Labute approximate surface area is 147 Å². The van der Waals surface area contributed by atoms with E-state index in [1.54, 1.807) is 0 Å². The molecule has 2 aliphatic carbocycles. The third kappa shape index (κ3) is 4.84. The molecule has 0 aromatic heterocycles. The van der Waals surface area contributed by atoms with E-state index in [0.717, 1.165) is 32.2 Å². The van der Waals surface area contributed by atoms with E-state index in [9.17, 15) is 14.4 Å². The number of carboxylic acid groups (broad SMARTS) is 1. The summed E-state index contributed by atoms with van der Waals surface area (Å²) in [4.78, 5) is 38.3. The fourth-order valence-corrected chi connectivity index (χ4v) is 3.86. The predicted octanol–water partition coefficient (Wildman–Crippen LogP) is 0.221. The molecule has 0 bridgehead atoms. The van der Waals surface area contributed by atoms with Crippen molar-refractivity contribution in [2.24, 2.45) is 17.6 Å². The van der Waals surface area contributed by atoms with Crippen molar-refractivity contribution in [3.63, 3.8) is 0 Å². The number of carboxylic acids is 1. The molecule has 140 valence electrons. The van der Waals surface area contributed by atoms with Crippen molar-refractivity contribution in [3.05, 3.63) is 0 Å². The molecule has 8 nitrogen and oxygen atoms in total. The SMILES string of the molecule is NC(=O)N1CCCC(C(=O)NC2CC(N(CC(=O)O)CC3CC3)C2)C1. The first-order chi connectivity index (χ1) is 11.9. The number of nitrogens with zero attached hydrogens (tertiary/aromatic N) is 2. The van der Waals surface area contributed by atoms with Crippen molar-refractivity contribution in [3.8, 4) is 0 Å². The summed E-state index contributed by atoms with van der Waals surface area (Å²) in [7, 11) is 0. The van der Waals surface area contributed by atoms with Crippen LogP contribution in [0.5, 0.6) is 0 Å². The maximum absolute atomic E-state index is 12.4. The van der Waals surface area contributed by atoms with Gasteiger partial charge in [-0.25, -0.2) is 4.79 Å². The molecule has 3 fully saturated rings. The van der Waals surface area contributed by atoms with Crippen LogP contribution >= 0.6 is 0 Å². The van der Waals surface area contributed by atoms with Crippen molar-refractivity contribution >= 4 is 17.9 Å². The summed E-state index contributed by atoms with van der Waals surface area (Å²) in [6.45, 7) is 1.95. The fourth-order valence-electron chi connectivity index (χ4n) is 3.86. The third-order valence-corrected chi connectivity index (χ3v) is 5.61. The normalized spacial score (nSPS) is 29.2. The zero-order valence-corrected chi connectivity index (χ0v) is 14.5. The lowest BCUT2D eigenvalue weighted by Crippen LogP contribution is -2.57. The number of urea groups is 1. The van der Waals surface area contributed by atoms with Crippen molar-refractivity contribution in [2.45, 2.75) is 50.6 Å². The molecule has 1 saturated heterocycles.